The fourth-order valence-electron chi connectivity index (χ4n) is 3.28. The van der Waals surface area contributed by atoms with Crippen molar-refractivity contribution < 1.29 is 9.53 Å². The zero-order valence-electron chi connectivity index (χ0n) is 9.96. The molecular weight excluding hydrogens is 234 g/mol. The predicted molar refractivity (Wildman–Crippen MR) is 65.6 cm³/mol. The number of nitrogens with zero attached hydrogens (tertiary/aromatic N) is 1. The van der Waals surface area contributed by atoms with Crippen molar-refractivity contribution in [1.29, 1.82) is 0 Å². The van der Waals surface area contributed by atoms with Crippen LogP contribution in [0.3, 0.4) is 0 Å². The van der Waals surface area contributed by atoms with Crippen molar-refractivity contribution in [3.05, 3.63) is 16.6 Å². The smallest absolute Gasteiger partial charge is 0.309 e. The zero-order chi connectivity index (χ0) is 11.8. The molecule has 0 saturated heterocycles. The molecule has 1 aromatic heterocycles. The lowest BCUT2D eigenvalue weighted by atomic mass is 9.89. The Kier molecular flexibility index (Phi) is 2.90. The molecule has 4 heteroatoms. The van der Waals surface area contributed by atoms with Gasteiger partial charge in [-0.1, -0.05) is 6.42 Å². The number of ether oxygens (including phenoxy) is 1. The van der Waals surface area contributed by atoms with Crippen LogP contribution in [0.4, 0.5) is 0 Å². The van der Waals surface area contributed by atoms with Crippen molar-refractivity contribution in [2.75, 3.05) is 0 Å². The third-order valence-electron chi connectivity index (χ3n) is 4.13. The summed E-state index contributed by atoms with van der Waals surface area (Å²) in [5, 5.41) is 2.80. The van der Waals surface area contributed by atoms with Crippen molar-refractivity contribution in [1.82, 2.24) is 4.98 Å². The minimum Gasteiger partial charge on any atom is -0.455 e. The number of esters is 1. The van der Waals surface area contributed by atoms with Gasteiger partial charge in [-0.25, -0.2) is 4.98 Å². The molecule has 2 aliphatic rings. The second kappa shape index (κ2) is 4.41. The van der Waals surface area contributed by atoms with Gasteiger partial charge in [0.15, 0.2) is 6.10 Å². The fourth-order valence-corrected chi connectivity index (χ4v) is 3.90. The predicted octanol–water partition coefficient (Wildman–Crippen LogP) is 3.18. The molecule has 17 heavy (non-hydrogen) atoms. The van der Waals surface area contributed by atoms with Crippen molar-refractivity contribution in [2.45, 2.75) is 38.7 Å². The molecule has 2 saturated carbocycles. The number of rotatable bonds is 3. The molecule has 3 rings (SSSR count). The standard InChI is InChI=1S/C13H17NO2S/c1-8(12-14-4-5-17-12)16-13(15)11-7-9-2-3-10(11)6-9/h4-5,8-11H,2-3,6-7H2,1H3/t8-,9-,10-,11-/m1/s1. The second-order valence-electron chi connectivity index (χ2n) is 5.23. The van der Waals surface area contributed by atoms with Crippen molar-refractivity contribution in [3.63, 3.8) is 0 Å². The number of carbonyl (C=O) groups is 1. The summed E-state index contributed by atoms with van der Waals surface area (Å²) in [6.07, 6.45) is 6.38. The number of fused-ring (bicyclic) bond motifs is 2. The average Bonchev–Trinajstić information content (AvgIpc) is 3.05. The van der Waals surface area contributed by atoms with Crippen LogP contribution in [0.1, 0.15) is 43.7 Å². The normalized spacial score (nSPS) is 32.6. The van der Waals surface area contributed by atoms with E-state index in [2.05, 4.69) is 4.98 Å². The third kappa shape index (κ3) is 2.10. The second-order valence-corrected chi connectivity index (χ2v) is 6.16. The minimum absolute atomic E-state index is 0.0000926. The van der Waals surface area contributed by atoms with Crippen LogP contribution in [-0.2, 0) is 9.53 Å². The highest BCUT2D eigenvalue weighted by Crippen LogP contribution is 2.49. The summed E-state index contributed by atoms with van der Waals surface area (Å²) in [5.41, 5.74) is 0. The zero-order valence-corrected chi connectivity index (χ0v) is 10.8. The maximum Gasteiger partial charge on any atom is 0.309 e. The summed E-state index contributed by atoms with van der Waals surface area (Å²) in [5.74, 6) is 1.54. The molecule has 2 fully saturated rings. The van der Waals surface area contributed by atoms with E-state index < -0.39 is 0 Å². The fraction of sp³-hybridized carbons (Fsp3) is 0.692. The van der Waals surface area contributed by atoms with Gasteiger partial charge < -0.3 is 4.74 Å². The first kappa shape index (κ1) is 11.2. The summed E-state index contributed by atoms with van der Waals surface area (Å²) in [6, 6.07) is 0. The molecule has 1 aromatic rings. The summed E-state index contributed by atoms with van der Waals surface area (Å²) in [6.45, 7) is 1.91. The van der Waals surface area contributed by atoms with Gasteiger partial charge in [-0.2, -0.15) is 0 Å². The molecule has 3 nitrogen and oxygen atoms in total. The van der Waals surface area contributed by atoms with Crippen LogP contribution in [0.5, 0.6) is 0 Å². The summed E-state index contributed by atoms with van der Waals surface area (Å²) >= 11 is 1.54. The lowest BCUT2D eigenvalue weighted by Gasteiger charge is -2.21. The van der Waals surface area contributed by atoms with Gasteiger partial charge in [-0.05, 0) is 38.0 Å². The van der Waals surface area contributed by atoms with Crippen LogP contribution in [0.25, 0.3) is 0 Å². The molecule has 2 bridgehead atoms. The van der Waals surface area contributed by atoms with E-state index in [0.717, 1.165) is 17.3 Å². The van der Waals surface area contributed by atoms with E-state index in [-0.39, 0.29) is 18.0 Å². The van der Waals surface area contributed by atoms with Crippen molar-refractivity contribution >= 4 is 17.3 Å². The molecule has 4 atom stereocenters. The Hall–Kier alpha value is -0.900. The summed E-state index contributed by atoms with van der Waals surface area (Å²) in [4.78, 5) is 16.3. The lowest BCUT2D eigenvalue weighted by molar-refractivity contribution is -0.155. The van der Waals surface area contributed by atoms with E-state index >= 15 is 0 Å². The maximum absolute atomic E-state index is 12.1. The lowest BCUT2D eigenvalue weighted by Crippen LogP contribution is -2.24. The molecule has 0 aliphatic heterocycles. The Balaban J connectivity index is 1.60. The molecule has 0 unspecified atom stereocenters. The molecular formula is C13H17NO2S. The highest BCUT2D eigenvalue weighted by Gasteiger charge is 2.44. The highest BCUT2D eigenvalue weighted by atomic mass is 32.1. The first-order valence-corrected chi connectivity index (χ1v) is 7.22. The van der Waals surface area contributed by atoms with Gasteiger partial charge in [0.1, 0.15) is 5.01 Å². The quantitative estimate of drug-likeness (QED) is 0.774. The van der Waals surface area contributed by atoms with Gasteiger partial charge in [0, 0.05) is 11.6 Å². The third-order valence-corrected chi connectivity index (χ3v) is 5.07. The van der Waals surface area contributed by atoms with Crippen LogP contribution in [-0.4, -0.2) is 11.0 Å². The van der Waals surface area contributed by atoms with Gasteiger partial charge in [0.2, 0.25) is 0 Å². The van der Waals surface area contributed by atoms with Crippen LogP contribution >= 0.6 is 11.3 Å². The Morgan fingerprint density at radius 1 is 1.53 bits per heavy atom. The van der Waals surface area contributed by atoms with E-state index in [9.17, 15) is 4.79 Å². The molecule has 1 heterocycles. The summed E-state index contributed by atoms with van der Waals surface area (Å²) in [7, 11) is 0. The number of thiazole rings is 1. The van der Waals surface area contributed by atoms with Gasteiger partial charge in [-0.3, -0.25) is 4.79 Å². The van der Waals surface area contributed by atoms with E-state index in [1.807, 2.05) is 12.3 Å². The van der Waals surface area contributed by atoms with Crippen molar-refractivity contribution in [2.24, 2.45) is 17.8 Å². The first-order valence-electron chi connectivity index (χ1n) is 6.34. The first-order chi connectivity index (χ1) is 8.24. The molecule has 0 N–H and O–H groups in total. The van der Waals surface area contributed by atoms with E-state index in [1.165, 1.54) is 19.3 Å². The monoisotopic (exact) mass is 251 g/mol. The van der Waals surface area contributed by atoms with E-state index in [4.69, 9.17) is 4.74 Å². The van der Waals surface area contributed by atoms with Gasteiger partial charge >= 0.3 is 5.97 Å². The molecule has 2 aliphatic carbocycles. The average molecular weight is 251 g/mol. The Labute approximate surface area is 105 Å². The maximum atomic E-state index is 12.1. The minimum atomic E-state index is -0.193. The van der Waals surface area contributed by atoms with E-state index in [0.29, 0.717) is 5.92 Å². The molecule has 0 amide bonds. The van der Waals surface area contributed by atoms with Gasteiger partial charge in [0.05, 0.1) is 5.92 Å². The van der Waals surface area contributed by atoms with Crippen LogP contribution < -0.4 is 0 Å². The van der Waals surface area contributed by atoms with Gasteiger partial charge in [-0.15, -0.1) is 11.3 Å². The van der Waals surface area contributed by atoms with E-state index in [1.54, 1.807) is 17.5 Å². The van der Waals surface area contributed by atoms with Crippen LogP contribution in [0.2, 0.25) is 0 Å². The molecule has 92 valence electrons. The van der Waals surface area contributed by atoms with Gasteiger partial charge in [0.25, 0.3) is 0 Å². The SMILES string of the molecule is C[C@@H](OC(=O)[C@@H]1C[C@@H]2CC[C@@H]1C2)c1nccs1. The largest absolute Gasteiger partial charge is 0.455 e. The molecule has 0 radical (unpaired) electrons. The van der Waals surface area contributed by atoms with Crippen LogP contribution in [0.15, 0.2) is 11.6 Å². The van der Waals surface area contributed by atoms with Crippen LogP contribution in [0, 0.1) is 17.8 Å². The molecule has 0 aromatic carbocycles. The summed E-state index contributed by atoms with van der Waals surface area (Å²) < 4.78 is 5.54. The van der Waals surface area contributed by atoms with Crippen molar-refractivity contribution in [3.8, 4) is 0 Å². The Morgan fingerprint density at radius 3 is 3.00 bits per heavy atom. The molecule has 0 spiro atoms. The number of aromatic nitrogens is 1. The topological polar surface area (TPSA) is 39.2 Å². The number of hydrogen-bond donors (Lipinski definition) is 0. The number of hydrogen-bond acceptors (Lipinski definition) is 4. The highest BCUT2D eigenvalue weighted by molar-refractivity contribution is 7.09. The Bertz CT molecular complexity index is 404. The number of carbonyl (C=O) groups excluding carboxylic acids is 1. The Morgan fingerprint density at radius 2 is 2.41 bits per heavy atom.